The first-order valence-electron chi connectivity index (χ1n) is 7.94. The van der Waals surface area contributed by atoms with Gasteiger partial charge >= 0.3 is 5.97 Å². The number of fused-ring (bicyclic) bond motifs is 1. The van der Waals surface area contributed by atoms with Crippen LogP contribution in [0, 0.1) is 13.8 Å². The van der Waals surface area contributed by atoms with Gasteiger partial charge in [0.2, 0.25) is 5.91 Å². The van der Waals surface area contributed by atoms with E-state index in [1.165, 1.54) is 7.11 Å². The lowest BCUT2D eigenvalue weighted by molar-refractivity contribution is -0.115. The van der Waals surface area contributed by atoms with E-state index in [1.807, 2.05) is 19.9 Å². The number of aryl methyl sites for hydroxylation is 2. The highest BCUT2D eigenvalue weighted by Crippen LogP contribution is 2.27. The van der Waals surface area contributed by atoms with Gasteiger partial charge in [0, 0.05) is 10.9 Å². The van der Waals surface area contributed by atoms with Crippen molar-refractivity contribution in [2.24, 2.45) is 0 Å². The molecule has 0 radical (unpaired) electrons. The molecule has 0 aliphatic rings. The zero-order valence-electron chi connectivity index (χ0n) is 14.4. The van der Waals surface area contributed by atoms with Crippen molar-refractivity contribution in [1.29, 1.82) is 0 Å². The second-order valence-corrected chi connectivity index (χ2v) is 5.98. The number of hydrogen-bond acceptors (Lipinski definition) is 4. The van der Waals surface area contributed by atoms with Crippen molar-refractivity contribution in [3.05, 3.63) is 64.9 Å². The molecule has 0 saturated heterocycles. The highest BCUT2D eigenvalue weighted by molar-refractivity contribution is 6.02. The zero-order chi connectivity index (χ0) is 18.0. The highest BCUT2D eigenvalue weighted by Gasteiger charge is 2.16. The Kier molecular flexibility index (Phi) is 4.57. The van der Waals surface area contributed by atoms with Gasteiger partial charge in [0.15, 0.2) is 0 Å². The SMILES string of the molecule is COC(=O)c1ccccc1NC(=O)Cc1coc2cc(C)cc(C)c12. The van der Waals surface area contributed by atoms with E-state index in [1.54, 1.807) is 30.5 Å². The Morgan fingerprint density at radius 1 is 1.16 bits per heavy atom. The van der Waals surface area contributed by atoms with Crippen molar-refractivity contribution in [3.63, 3.8) is 0 Å². The van der Waals surface area contributed by atoms with Crippen LogP contribution in [0.25, 0.3) is 11.0 Å². The predicted molar refractivity (Wildman–Crippen MR) is 95.8 cm³/mol. The van der Waals surface area contributed by atoms with Gasteiger partial charge in [-0.1, -0.05) is 18.2 Å². The van der Waals surface area contributed by atoms with E-state index in [0.29, 0.717) is 11.3 Å². The number of ether oxygens (including phenoxy) is 1. The van der Waals surface area contributed by atoms with Gasteiger partial charge in [-0.2, -0.15) is 0 Å². The summed E-state index contributed by atoms with van der Waals surface area (Å²) in [6.45, 7) is 4.00. The quantitative estimate of drug-likeness (QED) is 0.730. The number of esters is 1. The van der Waals surface area contributed by atoms with Crippen LogP contribution in [-0.2, 0) is 16.0 Å². The Morgan fingerprint density at radius 2 is 1.92 bits per heavy atom. The molecule has 0 aliphatic carbocycles. The van der Waals surface area contributed by atoms with Crippen molar-refractivity contribution >= 4 is 28.5 Å². The van der Waals surface area contributed by atoms with Crippen LogP contribution in [0.2, 0.25) is 0 Å². The summed E-state index contributed by atoms with van der Waals surface area (Å²) in [5.74, 6) is -0.713. The fourth-order valence-corrected chi connectivity index (χ4v) is 3.00. The summed E-state index contributed by atoms with van der Waals surface area (Å²) < 4.78 is 10.3. The standard InChI is InChI=1S/C20H19NO4/c1-12-8-13(2)19-14(11-25-17(19)9-12)10-18(22)21-16-7-5-4-6-15(16)20(23)24-3/h4-9,11H,10H2,1-3H3,(H,21,22). The average Bonchev–Trinajstić information content (AvgIpc) is 2.97. The topological polar surface area (TPSA) is 68.5 Å². The Balaban J connectivity index is 1.84. The smallest absolute Gasteiger partial charge is 0.339 e. The Hall–Kier alpha value is -3.08. The largest absolute Gasteiger partial charge is 0.465 e. The molecule has 0 fully saturated rings. The second kappa shape index (κ2) is 6.81. The van der Waals surface area contributed by atoms with Crippen LogP contribution in [0.1, 0.15) is 27.0 Å². The third-order valence-corrected chi connectivity index (χ3v) is 4.05. The molecule has 5 nitrogen and oxygen atoms in total. The van der Waals surface area contributed by atoms with Crippen LogP contribution < -0.4 is 5.32 Å². The number of carbonyl (C=O) groups excluding carboxylic acids is 2. The number of methoxy groups -OCH3 is 1. The summed E-state index contributed by atoms with van der Waals surface area (Å²) in [5, 5.41) is 3.74. The summed E-state index contributed by atoms with van der Waals surface area (Å²) in [5.41, 5.74) is 4.53. The highest BCUT2D eigenvalue weighted by atomic mass is 16.5. The minimum Gasteiger partial charge on any atom is -0.465 e. The minimum absolute atomic E-state index is 0.159. The predicted octanol–water partition coefficient (Wildman–Crippen LogP) is 4.02. The first-order valence-corrected chi connectivity index (χ1v) is 7.94. The molecule has 128 valence electrons. The summed E-state index contributed by atoms with van der Waals surface area (Å²) in [7, 11) is 1.31. The number of hydrogen-bond donors (Lipinski definition) is 1. The molecule has 5 heteroatoms. The number of anilines is 1. The molecule has 1 aromatic heterocycles. The fourth-order valence-electron chi connectivity index (χ4n) is 3.00. The van der Waals surface area contributed by atoms with Gasteiger partial charge in [0.05, 0.1) is 31.0 Å². The van der Waals surface area contributed by atoms with Crippen LogP contribution in [-0.4, -0.2) is 19.0 Å². The summed E-state index contributed by atoms with van der Waals surface area (Å²) in [6.07, 6.45) is 1.77. The van der Waals surface area contributed by atoms with Crippen molar-refractivity contribution < 1.29 is 18.7 Å². The average molecular weight is 337 g/mol. The molecule has 0 spiro atoms. The van der Waals surface area contributed by atoms with Gasteiger partial charge in [-0.15, -0.1) is 0 Å². The Morgan fingerprint density at radius 3 is 2.68 bits per heavy atom. The van der Waals surface area contributed by atoms with Crippen molar-refractivity contribution in [1.82, 2.24) is 0 Å². The van der Waals surface area contributed by atoms with Gasteiger partial charge in [-0.05, 0) is 43.2 Å². The number of rotatable bonds is 4. The lowest BCUT2D eigenvalue weighted by Gasteiger charge is -2.09. The van der Waals surface area contributed by atoms with Crippen molar-refractivity contribution in [3.8, 4) is 0 Å². The third kappa shape index (κ3) is 3.40. The van der Waals surface area contributed by atoms with Crippen LogP contribution in [0.4, 0.5) is 5.69 Å². The van der Waals surface area contributed by atoms with Crippen LogP contribution in [0.3, 0.4) is 0 Å². The number of amides is 1. The molecule has 0 unspecified atom stereocenters. The third-order valence-electron chi connectivity index (χ3n) is 4.05. The van der Waals surface area contributed by atoms with E-state index < -0.39 is 5.97 Å². The number of furan rings is 1. The molecule has 0 bridgehead atoms. The maximum atomic E-state index is 12.5. The molecule has 0 aliphatic heterocycles. The maximum absolute atomic E-state index is 12.5. The van der Waals surface area contributed by atoms with Crippen LogP contribution >= 0.6 is 0 Å². The van der Waals surface area contributed by atoms with Crippen molar-refractivity contribution in [2.45, 2.75) is 20.3 Å². The van der Waals surface area contributed by atoms with Crippen LogP contribution in [0.15, 0.2) is 47.1 Å². The van der Waals surface area contributed by atoms with E-state index in [9.17, 15) is 9.59 Å². The van der Waals surface area contributed by atoms with E-state index in [0.717, 1.165) is 27.7 Å². The molecule has 0 atom stereocenters. The van der Waals surface area contributed by atoms with Crippen LogP contribution in [0.5, 0.6) is 0 Å². The van der Waals surface area contributed by atoms with E-state index >= 15 is 0 Å². The summed E-state index contributed by atoms with van der Waals surface area (Å²) in [4.78, 5) is 24.3. The normalized spacial score (nSPS) is 10.7. The molecule has 3 aromatic rings. The molecule has 25 heavy (non-hydrogen) atoms. The number of nitrogens with one attached hydrogen (secondary N) is 1. The lowest BCUT2D eigenvalue weighted by atomic mass is 10.0. The molecule has 2 aromatic carbocycles. The number of para-hydroxylation sites is 1. The first-order chi connectivity index (χ1) is 12.0. The molecule has 3 rings (SSSR count). The first kappa shape index (κ1) is 16.8. The van der Waals surface area contributed by atoms with E-state index in [4.69, 9.17) is 9.15 Å². The minimum atomic E-state index is -0.490. The molecular weight excluding hydrogens is 318 g/mol. The second-order valence-electron chi connectivity index (χ2n) is 5.98. The molecule has 1 N–H and O–H groups in total. The summed E-state index contributed by atoms with van der Waals surface area (Å²) in [6, 6.07) is 10.8. The Bertz CT molecular complexity index is 955. The van der Waals surface area contributed by atoms with E-state index in [2.05, 4.69) is 11.4 Å². The van der Waals surface area contributed by atoms with Crippen molar-refractivity contribution in [2.75, 3.05) is 12.4 Å². The summed E-state index contributed by atoms with van der Waals surface area (Å²) >= 11 is 0. The van der Waals surface area contributed by atoms with Gasteiger partial charge in [0.25, 0.3) is 0 Å². The molecule has 1 amide bonds. The molecule has 1 heterocycles. The number of benzene rings is 2. The molecule has 0 saturated carbocycles. The Labute approximate surface area is 145 Å². The fraction of sp³-hybridized carbons (Fsp3) is 0.200. The zero-order valence-corrected chi connectivity index (χ0v) is 14.4. The van der Waals surface area contributed by atoms with Gasteiger partial charge in [-0.3, -0.25) is 4.79 Å². The molecular formula is C20H19NO4. The van der Waals surface area contributed by atoms with Gasteiger partial charge in [0.1, 0.15) is 5.58 Å². The number of carbonyl (C=O) groups is 2. The maximum Gasteiger partial charge on any atom is 0.339 e. The van der Waals surface area contributed by atoms with E-state index in [-0.39, 0.29) is 12.3 Å². The lowest BCUT2D eigenvalue weighted by Crippen LogP contribution is -2.17. The monoisotopic (exact) mass is 337 g/mol. The van der Waals surface area contributed by atoms with Gasteiger partial charge in [-0.25, -0.2) is 4.79 Å². The van der Waals surface area contributed by atoms with Gasteiger partial charge < -0.3 is 14.5 Å².